The lowest BCUT2D eigenvalue weighted by Gasteiger charge is -2.16. The fourth-order valence-corrected chi connectivity index (χ4v) is 4.25. The monoisotopic (exact) mass is 536 g/mol. The minimum absolute atomic E-state index is 0.188. The van der Waals surface area contributed by atoms with Crippen molar-refractivity contribution in [3.63, 3.8) is 0 Å². The van der Waals surface area contributed by atoms with Gasteiger partial charge in [0.05, 0.1) is 23.7 Å². The van der Waals surface area contributed by atoms with Gasteiger partial charge in [-0.25, -0.2) is 4.79 Å². The summed E-state index contributed by atoms with van der Waals surface area (Å²) in [6, 6.07) is 16.2. The summed E-state index contributed by atoms with van der Waals surface area (Å²) in [5.74, 6) is 0.646. The van der Waals surface area contributed by atoms with E-state index in [9.17, 15) is 9.59 Å². The van der Waals surface area contributed by atoms with E-state index < -0.39 is 11.9 Å². The van der Waals surface area contributed by atoms with Crippen molar-refractivity contribution < 1.29 is 19.1 Å². The summed E-state index contributed by atoms with van der Waals surface area (Å²) < 4.78 is 11.7. The Hall–Kier alpha value is -3.74. The Kier molecular flexibility index (Phi) is 8.21. The van der Waals surface area contributed by atoms with Crippen molar-refractivity contribution in [3.8, 4) is 11.5 Å². The van der Waals surface area contributed by atoms with E-state index >= 15 is 0 Å². The quantitative estimate of drug-likeness (QED) is 0.187. The molecule has 190 valence electrons. The molecule has 1 aliphatic heterocycles. The largest absolute Gasteiger partial charge is 0.493 e. The zero-order valence-electron chi connectivity index (χ0n) is 20.5. The third-order valence-electron chi connectivity index (χ3n) is 5.84. The lowest BCUT2D eigenvalue weighted by Crippen LogP contribution is -2.30. The molecule has 0 unspecified atom stereocenters. The van der Waals surface area contributed by atoms with Crippen LogP contribution in [0, 0.1) is 6.92 Å². The van der Waals surface area contributed by atoms with Crippen molar-refractivity contribution in [2.24, 2.45) is 0 Å². The molecule has 0 atom stereocenters. The Morgan fingerprint density at radius 2 is 1.73 bits per heavy atom. The van der Waals surface area contributed by atoms with Crippen molar-refractivity contribution in [1.82, 2.24) is 10.2 Å². The fourth-order valence-electron chi connectivity index (χ4n) is 3.93. The van der Waals surface area contributed by atoms with Crippen LogP contribution in [0.15, 0.2) is 72.9 Å². The number of carbonyl (C=O) groups excluding carboxylic acids is 2. The van der Waals surface area contributed by atoms with Crippen LogP contribution >= 0.6 is 23.2 Å². The van der Waals surface area contributed by atoms with Gasteiger partial charge in [0.2, 0.25) is 0 Å². The Bertz CT molecular complexity index is 1380. The van der Waals surface area contributed by atoms with E-state index in [0.717, 1.165) is 22.3 Å². The molecule has 6 nitrogen and oxygen atoms in total. The number of allylic oxidation sites excluding steroid dienone is 1. The highest BCUT2D eigenvalue weighted by atomic mass is 35.5. The Morgan fingerprint density at radius 1 is 1.00 bits per heavy atom. The van der Waals surface area contributed by atoms with Crippen LogP contribution < -0.4 is 14.8 Å². The van der Waals surface area contributed by atoms with Gasteiger partial charge in [-0.3, -0.25) is 9.69 Å². The number of carbonyl (C=O) groups is 2. The zero-order chi connectivity index (χ0) is 26.5. The molecule has 0 radical (unpaired) electrons. The van der Waals surface area contributed by atoms with Gasteiger partial charge < -0.3 is 14.8 Å². The molecule has 1 saturated heterocycles. The molecule has 0 bridgehead atoms. The number of aryl methyl sites for hydroxylation is 1. The first-order chi connectivity index (χ1) is 17.8. The molecule has 0 aliphatic carbocycles. The van der Waals surface area contributed by atoms with Crippen molar-refractivity contribution in [1.29, 1.82) is 0 Å². The van der Waals surface area contributed by atoms with Gasteiger partial charge in [0.15, 0.2) is 11.5 Å². The molecule has 8 heteroatoms. The van der Waals surface area contributed by atoms with Gasteiger partial charge in [-0.1, -0.05) is 65.2 Å². The first-order valence-corrected chi connectivity index (χ1v) is 12.3. The van der Waals surface area contributed by atoms with E-state index in [1.54, 1.807) is 37.5 Å². The summed E-state index contributed by atoms with van der Waals surface area (Å²) in [5, 5.41) is 3.59. The molecule has 4 rings (SSSR count). The number of urea groups is 1. The van der Waals surface area contributed by atoms with E-state index in [4.69, 9.17) is 32.7 Å². The number of nitrogens with zero attached hydrogens (tertiary/aromatic N) is 1. The lowest BCUT2D eigenvalue weighted by molar-refractivity contribution is -0.123. The smallest absolute Gasteiger partial charge is 0.329 e. The molecule has 37 heavy (non-hydrogen) atoms. The van der Waals surface area contributed by atoms with Gasteiger partial charge in [-0.2, -0.15) is 0 Å². The third kappa shape index (κ3) is 6.16. The summed E-state index contributed by atoms with van der Waals surface area (Å²) >= 11 is 12.1. The standard InChI is InChI=1S/C29H26Cl2N2O4/c1-4-5-22-12-21(15-26(36-3)27(22)37-17-20-10-11-23(30)24(31)13-20)14-25-28(34)33(29(35)32-25)16-19-8-6-18(2)7-9-19/h4,6-15H,1,5,16-17H2,2-3H3,(H,32,35)/b25-14+. The predicted molar refractivity (Wildman–Crippen MR) is 146 cm³/mol. The average Bonchev–Trinajstić information content (AvgIpc) is 3.13. The van der Waals surface area contributed by atoms with Crippen molar-refractivity contribution >= 4 is 41.2 Å². The number of hydrogen-bond acceptors (Lipinski definition) is 4. The summed E-state index contributed by atoms with van der Waals surface area (Å²) in [7, 11) is 1.54. The molecule has 3 amide bonds. The van der Waals surface area contributed by atoms with Gasteiger partial charge in [0.25, 0.3) is 5.91 Å². The summed E-state index contributed by atoms with van der Waals surface area (Å²) in [4.78, 5) is 26.7. The normalized spacial score (nSPS) is 14.2. The Morgan fingerprint density at radius 3 is 2.41 bits per heavy atom. The van der Waals surface area contributed by atoms with E-state index in [1.165, 1.54) is 4.90 Å². The molecule has 3 aromatic carbocycles. The van der Waals surface area contributed by atoms with Crippen LogP contribution in [0.3, 0.4) is 0 Å². The molecule has 0 aromatic heterocycles. The first-order valence-electron chi connectivity index (χ1n) is 11.6. The second-order valence-electron chi connectivity index (χ2n) is 8.61. The minimum Gasteiger partial charge on any atom is -0.493 e. The summed E-state index contributed by atoms with van der Waals surface area (Å²) in [6.45, 7) is 6.26. The van der Waals surface area contributed by atoms with Crippen molar-refractivity contribution in [3.05, 3.63) is 111 Å². The predicted octanol–water partition coefficient (Wildman–Crippen LogP) is 6.71. The van der Waals surface area contributed by atoms with E-state index in [-0.39, 0.29) is 18.8 Å². The van der Waals surface area contributed by atoms with Gasteiger partial charge in [-0.05, 0) is 60.4 Å². The van der Waals surface area contributed by atoms with Crippen LogP contribution in [0.5, 0.6) is 11.5 Å². The maximum Gasteiger partial charge on any atom is 0.329 e. The van der Waals surface area contributed by atoms with Crippen LogP contribution in [0.2, 0.25) is 10.0 Å². The third-order valence-corrected chi connectivity index (χ3v) is 6.58. The molecule has 1 heterocycles. The first kappa shape index (κ1) is 26.3. The van der Waals surface area contributed by atoms with Crippen LogP contribution in [0.1, 0.15) is 27.8 Å². The highest BCUT2D eigenvalue weighted by Crippen LogP contribution is 2.35. The second kappa shape index (κ2) is 11.5. The highest BCUT2D eigenvalue weighted by Gasteiger charge is 2.33. The average molecular weight is 537 g/mol. The van der Waals surface area contributed by atoms with Crippen LogP contribution in [-0.4, -0.2) is 23.9 Å². The number of methoxy groups -OCH3 is 1. The van der Waals surface area contributed by atoms with E-state index in [2.05, 4.69) is 11.9 Å². The number of halogens is 2. The van der Waals surface area contributed by atoms with Crippen molar-refractivity contribution in [2.75, 3.05) is 7.11 Å². The molecule has 1 fully saturated rings. The highest BCUT2D eigenvalue weighted by molar-refractivity contribution is 6.42. The van der Waals surface area contributed by atoms with Crippen LogP contribution in [-0.2, 0) is 24.4 Å². The van der Waals surface area contributed by atoms with Gasteiger partial charge in [0.1, 0.15) is 12.3 Å². The summed E-state index contributed by atoms with van der Waals surface area (Å²) in [6.07, 6.45) is 3.89. The molecule has 1 aliphatic rings. The second-order valence-corrected chi connectivity index (χ2v) is 9.42. The number of amides is 3. The maximum atomic E-state index is 13.0. The number of rotatable bonds is 9. The maximum absolute atomic E-state index is 13.0. The molecular formula is C29H26Cl2N2O4. The van der Waals surface area contributed by atoms with Gasteiger partial charge >= 0.3 is 6.03 Å². The number of ether oxygens (including phenoxy) is 2. The lowest BCUT2D eigenvalue weighted by atomic mass is 10.0. The number of nitrogens with one attached hydrogen (secondary N) is 1. The van der Waals surface area contributed by atoms with Crippen molar-refractivity contribution in [2.45, 2.75) is 26.5 Å². The zero-order valence-corrected chi connectivity index (χ0v) is 22.0. The van der Waals surface area contributed by atoms with Crippen LogP contribution in [0.25, 0.3) is 6.08 Å². The molecule has 0 saturated carbocycles. The number of hydrogen-bond donors (Lipinski definition) is 1. The van der Waals surface area contributed by atoms with Gasteiger partial charge in [0, 0.05) is 5.56 Å². The number of imide groups is 1. The number of benzene rings is 3. The molecule has 3 aromatic rings. The summed E-state index contributed by atoms with van der Waals surface area (Å²) in [5.41, 5.74) is 4.50. The van der Waals surface area contributed by atoms with Crippen LogP contribution in [0.4, 0.5) is 4.79 Å². The fraction of sp³-hybridized carbons (Fsp3) is 0.172. The molecular weight excluding hydrogens is 511 g/mol. The van der Waals surface area contributed by atoms with E-state index in [0.29, 0.717) is 33.5 Å². The topological polar surface area (TPSA) is 67.9 Å². The van der Waals surface area contributed by atoms with Gasteiger partial charge in [-0.15, -0.1) is 6.58 Å². The molecule has 0 spiro atoms. The minimum atomic E-state index is -0.461. The SMILES string of the molecule is C=CCc1cc(/C=C2/NC(=O)N(Cc3ccc(C)cc3)C2=O)cc(OC)c1OCc1ccc(Cl)c(Cl)c1. The van der Waals surface area contributed by atoms with E-state index in [1.807, 2.05) is 43.3 Å². The Labute approximate surface area is 226 Å². The Balaban J connectivity index is 1.58. The molecule has 1 N–H and O–H groups in total.